The van der Waals surface area contributed by atoms with Crippen molar-refractivity contribution in [2.45, 2.75) is 38.6 Å². The highest BCUT2D eigenvalue weighted by atomic mass is 19.1. The van der Waals surface area contributed by atoms with Crippen molar-refractivity contribution in [3.05, 3.63) is 29.6 Å². The molecule has 0 radical (unpaired) electrons. The quantitative estimate of drug-likeness (QED) is 0.874. The second-order valence-corrected chi connectivity index (χ2v) is 5.54. The van der Waals surface area contributed by atoms with Crippen LogP contribution in [0.4, 0.5) is 4.39 Å². The molecule has 5 heteroatoms. The number of likely N-dealkylation sites (tertiary alicyclic amines) is 1. The van der Waals surface area contributed by atoms with Gasteiger partial charge < -0.3 is 15.4 Å². The molecule has 0 bridgehead atoms. The van der Waals surface area contributed by atoms with Crippen LogP contribution in [-0.2, 0) is 11.2 Å². The zero-order valence-corrected chi connectivity index (χ0v) is 12.5. The first-order valence-corrected chi connectivity index (χ1v) is 7.54. The number of nitrogens with two attached hydrogens (primary N) is 1. The van der Waals surface area contributed by atoms with Crippen molar-refractivity contribution in [2.24, 2.45) is 5.73 Å². The van der Waals surface area contributed by atoms with Gasteiger partial charge >= 0.3 is 0 Å². The maximum Gasteiger partial charge on any atom is 0.260 e. The minimum absolute atomic E-state index is 0.00545. The molecule has 2 rings (SSSR count). The van der Waals surface area contributed by atoms with Gasteiger partial charge in [-0.3, -0.25) is 4.79 Å². The zero-order valence-electron chi connectivity index (χ0n) is 12.5. The lowest BCUT2D eigenvalue weighted by atomic mass is 10.0. The fraction of sp³-hybridized carbons (Fsp3) is 0.562. The van der Waals surface area contributed by atoms with Crippen molar-refractivity contribution < 1.29 is 13.9 Å². The van der Waals surface area contributed by atoms with Gasteiger partial charge in [0.25, 0.3) is 5.91 Å². The van der Waals surface area contributed by atoms with Crippen molar-refractivity contribution in [3.8, 4) is 5.75 Å². The van der Waals surface area contributed by atoms with Crippen molar-refractivity contribution in [1.29, 1.82) is 0 Å². The summed E-state index contributed by atoms with van der Waals surface area (Å²) in [5.41, 5.74) is 6.69. The first kappa shape index (κ1) is 15.8. The monoisotopic (exact) mass is 294 g/mol. The fourth-order valence-electron chi connectivity index (χ4n) is 2.47. The standard InChI is InChI=1S/C16H23FN2O2/c1-2-14(18)8-12-7-13(17)10-15(9-12)21-11-16(20)19-5-3-4-6-19/h7,9-10,14H,2-6,8,11,18H2,1H3. The topological polar surface area (TPSA) is 55.6 Å². The molecule has 1 aliphatic rings. The van der Waals surface area contributed by atoms with Crippen LogP contribution >= 0.6 is 0 Å². The zero-order chi connectivity index (χ0) is 15.2. The minimum atomic E-state index is -0.362. The predicted octanol–water partition coefficient (Wildman–Crippen LogP) is 2.11. The highest BCUT2D eigenvalue weighted by Gasteiger charge is 2.18. The molecule has 1 aromatic carbocycles. The van der Waals surface area contributed by atoms with Crippen molar-refractivity contribution in [3.63, 3.8) is 0 Å². The van der Waals surface area contributed by atoms with Gasteiger partial charge in [0.1, 0.15) is 11.6 Å². The lowest BCUT2D eigenvalue weighted by molar-refractivity contribution is -0.132. The molecular formula is C16H23FN2O2. The van der Waals surface area contributed by atoms with E-state index in [-0.39, 0.29) is 24.4 Å². The molecule has 4 nitrogen and oxygen atoms in total. The fourth-order valence-corrected chi connectivity index (χ4v) is 2.47. The summed E-state index contributed by atoms with van der Waals surface area (Å²) in [6.07, 6.45) is 3.53. The first-order chi connectivity index (χ1) is 10.1. The van der Waals surface area contributed by atoms with Gasteiger partial charge in [-0.15, -0.1) is 0 Å². The van der Waals surface area contributed by atoms with Gasteiger partial charge in [-0.1, -0.05) is 6.92 Å². The number of nitrogens with zero attached hydrogens (tertiary/aromatic N) is 1. The van der Waals surface area contributed by atoms with Crippen molar-refractivity contribution in [1.82, 2.24) is 4.90 Å². The van der Waals surface area contributed by atoms with Gasteiger partial charge in [0.15, 0.2) is 6.61 Å². The van der Waals surface area contributed by atoms with Crippen LogP contribution in [0.25, 0.3) is 0 Å². The molecular weight excluding hydrogens is 271 g/mol. The Morgan fingerprint density at radius 3 is 2.76 bits per heavy atom. The Morgan fingerprint density at radius 2 is 2.10 bits per heavy atom. The van der Waals surface area contributed by atoms with E-state index in [9.17, 15) is 9.18 Å². The molecule has 1 amide bonds. The molecule has 1 unspecified atom stereocenters. The van der Waals surface area contributed by atoms with Gasteiger partial charge in [0, 0.05) is 25.2 Å². The van der Waals surface area contributed by atoms with E-state index in [2.05, 4.69) is 0 Å². The maximum atomic E-state index is 13.6. The van der Waals surface area contributed by atoms with Crippen LogP contribution < -0.4 is 10.5 Å². The summed E-state index contributed by atoms with van der Waals surface area (Å²) >= 11 is 0. The molecule has 1 saturated heterocycles. The Labute approximate surface area is 125 Å². The average molecular weight is 294 g/mol. The van der Waals surface area contributed by atoms with Gasteiger partial charge in [-0.05, 0) is 43.4 Å². The van der Waals surface area contributed by atoms with E-state index in [0.29, 0.717) is 12.2 Å². The molecule has 1 aromatic rings. The summed E-state index contributed by atoms with van der Waals surface area (Å²) in [5.74, 6) is -0.0103. The number of carbonyl (C=O) groups excluding carboxylic acids is 1. The number of ether oxygens (including phenoxy) is 1. The Hall–Kier alpha value is -1.62. The van der Waals surface area contributed by atoms with E-state index in [0.717, 1.165) is 37.9 Å². The van der Waals surface area contributed by atoms with Crippen LogP contribution in [0.3, 0.4) is 0 Å². The number of hydrogen-bond acceptors (Lipinski definition) is 3. The minimum Gasteiger partial charge on any atom is -0.484 e. The lowest BCUT2D eigenvalue weighted by Crippen LogP contribution is -2.32. The molecule has 21 heavy (non-hydrogen) atoms. The maximum absolute atomic E-state index is 13.6. The van der Waals surface area contributed by atoms with E-state index in [4.69, 9.17) is 10.5 Å². The number of hydrogen-bond donors (Lipinski definition) is 1. The summed E-state index contributed by atoms with van der Waals surface area (Å²) in [7, 11) is 0. The normalized spacial score (nSPS) is 16.0. The molecule has 116 valence electrons. The highest BCUT2D eigenvalue weighted by molar-refractivity contribution is 5.78. The van der Waals surface area contributed by atoms with Crippen LogP contribution in [-0.4, -0.2) is 36.5 Å². The van der Waals surface area contributed by atoms with E-state index >= 15 is 0 Å². The van der Waals surface area contributed by atoms with E-state index in [1.165, 1.54) is 12.1 Å². The SMILES string of the molecule is CCC(N)Cc1cc(F)cc(OCC(=O)N2CCCC2)c1. The molecule has 0 spiro atoms. The van der Waals surface area contributed by atoms with Crippen molar-refractivity contribution in [2.75, 3.05) is 19.7 Å². The highest BCUT2D eigenvalue weighted by Crippen LogP contribution is 2.18. The summed E-state index contributed by atoms with van der Waals surface area (Å²) < 4.78 is 19.0. The molecule has 1 heterocycles. The molecule has 2 N–H and O–H groups in total. The van der Waals surface area contributed by atoms with Crippen LogP contribution in [0.5, 0.6) is 5.75 Å². The predicted molar refractivity (Wildman–Crippen MR) is 79.7 cm³/mol. The molecule has 1 aliphatic heterocycles. The number of carbonyl (C=O) groups is 1. The van der Waals surface area contributed by atoms with E-state index in [1.807, 2.05) is 6.92 Å². The third kappa shape index (κ3) is 4.70. The third-order valence-electron chi connectivity index (χ3n) is 3.77. The third-order valence-corrected chi connectivity index (χ3v) is 3.77. The number of halogens is 1. The van der Waals surface area contributed by atoms with Gasteiger partial charge in [0.2, 0.25) is 0 Å². The largest absolute Gasteiger partial charge is 0.484 e. The molecule has 0 saturated carbocycles. The Balaban J connectivity index is 1.94. The lowest BCUT2D eigenvalue weighted by Gasteiger charge is -2.16. The average Bonchev–Trinajstić information content (AvgIpc) is 2.98. The molecule has 1 fully saturated rings. The van der Waals surface area contributed by atoms with Crippen LogP contribution in [0.15, 0.2) is 18.2 Å². The second-order valence-electron chi connectivity index (χ2n) is 5.54. The van der Waals surface area contributed by atoms with Crippen LogP contribution in [0.2, 0.25) is 0 Å². The summed E-state index contributed by atoms with van der Waals surface area (Å²) in [5, 5.41) is 0. The number of rotatable bonds is 6. The summed E-state index contributed by atoms with van der Waals surface area (Å²) in [6, 6.07) is 4.53. The van der Waals surface area contributed by atoms with E-state index in [1.54, 1.807) is 11.0 Å². The second kappa shape index (κ2) is 7.41. The molecule has 0 aromatic heterocycles. The Morgan fingerprint density at radius 1 is 1.38 bits per heavy atom. The Kier molecular flexibility index (Phi) is 5.56. The summed E-state index contributed by atoms with van der Waals surface area (Å²) in [6.45, 7) is 3.54. The Bertz CT molecular complexity index is 487. The number of amides is 1. The van der Waals surface area contributed by atoms with Crippen LogP contribution in [0, 0.1) is 5.82 Å². The van der Waals surface area contributed by atoms with E-state index < -0.39 is 0 Å². The molecule has 1 atom stereocenters. The van der Waals surface area contributed by atoms with Gasteiger partial charge in [-0.25, -0.2) is 4.39 Å². The number of benzene rings is 1. The smallest absolute Gasteiger partial charge is 0.260 e. The van der Waals surface area contributed by atoms with Gasteiger partial charge in [-0.2, -0.15) is 0 Å². The first-order valence-electron chi connectivity index (χ1n) is 7.54. The summed E-state index contributed by atoms with van der Waals surface area (Å²) in [4.78, 5) is 13.7. The molecule has 0 aliphatic carbocycles. The van der Waals surface area contributed by atoms with Crippen LogP contribution in [0.1, 0.15) is 31.7 Å². The van der Waals surface area contributed by atoms with Crippen molar-refractivity contribution >= 4 is 5.91 Å². The van der Waals surface area contributed by atoms with Gasteiger partial charge in [0.05, 0.1) is 0 Å².